The lowest BCUT2D eigenvalue weighted by Gasteiger charge is -2.03. The van der Waals surface area contributed by atoms with Gasteiger partial charge in [-0.2, -0.15) is 5.10 Å². The van der Waals surface area contributed by atoms with Crippen LogP contribution in [0.3, 0.4) is 0 Å². The number of hydrogen-bond donors (Lipinski definition) is 0. The number of nitro groups is 1. The summed E-state index contributed by atoms with van der Waals surface area (Å²) in [6.45, 7) is 1.85. The number of nitrogens with zero attached hydrogens (tertiary/aromatic N) is 4. The van der Waals surface area contributed by atoms with E-state index in [-0.39, 0.29) is 5.69 Å². The van der Waals surface area contributed by atoms with Gasteiger partial charge in [-0.1, -0.05) is 11.6 Å². The predicted octanol–water partition coefficient (Wildman–Crippen LogP) is 2.99. The van der Waals surface area contributed by atoms with Gasteiger partial charge in [0, 0.05) is 24.6 Å². The van der Waals surface area contributed by atoms with Crippen molar-refractivity contribution >= 4 is 39.2 Å². The quantitative estimate of drug-likeness (QED) is 0.506. The van der Waals surface area contributed by atoms with Crippen LogP contribution in [0.15, 0.2) is 18.2 Å². The fraction of sp³-hybridized carbons (Fsp3) is 0.167. The van der Waals surface area contributed by atoms with Crippen LogP contribution in [0, 0.1) is 17.0 Å². The normalized spacial score (nSPS) is 11.3. The summed E-state index contributed by atoms with van der Waals surface area (Å²) in [7, 11) is 1.77. The highest BCUT2D eigenvalue weighted by atomic mass is 35.5. The minimum atomic E-state index is -0.451. The number of fused-ring (bicyclic) bond motifs is 2. The van der Waals surface area contributed by atoms with Crippen molar-refractivity contribution in [2.75, 3.05) is 0 Å². The highest BCUT2D eigenvalue weighted by Gasteiger charge is 2.16. The lowest BCUT2D eigenvalue weighted by atomic mass is 10.1. The maximum absolute atomic E-state index is 10.8. The van der Waals surface area contributed by atoms with Gasteiger partial charge < -0.3 is 0 Å². The van der Waals surface area contributed by atoms with Gasteiger partial charge in [-0.25, -0.2) is 4.98 Å². The molecule has 0 amide bonds. The van der Waals surface area contributed by atoms with Crippen molar-refractivity contribution in [3.8, 4) is 0 Å². The molecule has 2 heterocycles. The van der Waals surface area contributed by atoms with E-state index in [1.54, 1.807) is 17.8 Å². The highest BCUT2D eigenvalue weighted by Crippen LogP contribution is 2.33. The van der Waals surface area contributed by atoms with E-state index < -0.39 is 4.92 Å². The molecule has 0 bridgehead atoms. The third kappa shape index (κ3) is 1.64. The summed E-state index contributed by atoms with van der Waals surface area (Å²) in [6, 6.07) is 4.46. The molecule has 96 valence electrons. The zero-order chi connectivity index (χ0) is 13.7. The van der Waals surface area contributed by atoms with E-state index in [2.05, 4.69) is 10.1 Å². The molecule has 0 saturated carbocycles. The van der Waals surface area contributed by atoms with Crippen LogP contribution in [0.25, 0.3) is 21.9 Å². The first-order chi connectivity index (χ1) is 8.99. The molecule has 2 aromatic heterocycles. The Kier molecular flexibility index (Phi) is 2.43. The summed E-state index contributed by atoms with van der Waals surface area (Å²) in [4.78, 5) is 14.8. The molecule has 3 aromatic rings. The molecule has 0 spiro atoms. The van der Waals surface area contributed by atoms with Crippen molar-refractivity contribution in [2.24, 2.45) is 7.05 Å². The fourth-order valence-electron chi connectivity index (χ4n) is 2.19. The number of aryl methyl sites for hydroxylation is 2. The summed E-state index contributed by atoms with van der Waals surface area (Å²) in [6.07, 6.45) is 0. The molecular weight excluding hydrogens is 268 g/mol. The predicted molar refractivity (Wildman–Crippen MR) is 72.4 cm³/mol. The summed E-state index contributed by atoms with van der Waals surface area (Å²) in [5, 5.41) is 17.1. The van der Waals surface area contributed by atoms with Gasteiger partial charge in [0.15, 0.2) is 5.65 Å². The molecule has 0 aliphatic heterocycles. The Morgan fingerprint density at radius 3 is 2.84 bits per heavy atom. The minimum Gasteiger partial charge on any atom is -0.258 e. The number of non-ortho nitro benzene ring substituents is 1. The fourth-order valence-corrected chi connectivity index (χ4v) is 2.57. The molecule has 0 unspecified atom stereocenters. The van der Waals surface area contributed by atoms with Crippen molar-refractivity contribution in [3.05, 3.63) is 39.0 Å². The van der Waals surface area contributed by atoms with Crippen LogP contribution in [-0.2, 0) is 7.05 Å². The van der Waals surface area contributed by atoms with Gasteiger partial charge in [0.2, 0.25) is 0 Å². The maximum atomic E-state index is 10.8. The Hall–Kier alpha value is -2.21. The van der Waals surface area contributed by atoms with Crippen molar-refractivity contribution in [3.63, 3.8) is 0 Å². The second-order valence-electron chi connectivity index (χ2n) is 4.29. The monoisotopic (exact) mass is 276 g/mol. The number of pyridine rings is 1. The number of benzene rings is 1. The van der Waals surface area contributed by atoms with E-state index in [0.29, 0.717) is 21.6 Å². The molecule has 0 saturated heterocycles. The third-order valence-corrected chi connectivity index (χ3v) is 3.46. The molecule has 0 radical (unpaired) electrons. The van der Waals surface area contributed by atoms with Gasteiger partial charge >= 0.3 is 0 Å². The average molecular weight is 277 g/mol. The number of halogens is 1. The molecule has 0 aliphatic carbocycles. The Balaban J connectivity index is 2.48. The van der Waals surface area contributed by atoms with E-state index in [9.17, 15) is 10.1 Å². The smallest absolute Gasteiger partial charge is 0.258 e. The summed E-state index contributed by atoms with van der Waals surface area (Å²) in [5.41, 5.74) is 1.90. The first-order valence-corrected chi connectivity index (χ1v) is 5.94. The molecule has 6 nitrogen and oxygen atoms in total. The van der Waals surface area contributed by atoms with Crippen LogP contribution >= 0.6 is 11.6 Å². The Morgan fingerprint density at radius 1 is 1.42 bits per heavy atom. The minimum absolute atomic E-state index is 0.00527. The lowest BCUT2D eigenvalue weighted by Crippen LogP contribution is -1.93. The number of rotatable bonds is 1. The SMILES string of the molecule is Cc1nn(C)c2nc3cc([N+](=O)[O-])ccc3c(Cl)c12. The summed E-state index contributed by atoms with van der Waals surface area (Å²) >= 11 is 6.36. The number of aromatic nitrogens is 3. The van der Waals surface area contributed by atoms with Crippen LogP contribution in [0.2, 0.25) is 5.02 Å². The summed E-state index contributed by atoms with van der Waals surface area (Å²) < 4.78 is 1.62. The van der Waals surface area contributed by atoms with E-state index in [4.69, 9.17) is 11.6 Å². The van der Waals surface area contributed by atoms with Crippen molar-refractivity contribution < 1.29 is 4.92 Å². The second kappa shape index (κ2) is 3.89. The van der Waals surface area contributed by atoms with Gasteiger partial charge in [-0.15, -0.1) is 0 Å². The van der Waals surface area contributed by atoms with Gasteiger partial charge in [0.1, 0.15) is 0 Å². The molecule has 0 N–H and O–H groups in total. The molecule has 19 heavy (non-hydrogen) atoms. The third-order valence-electron chi connectivity index (χ3n) is 3.07. The van der Waals surface area contributed by atoms with Crippen LogP contribution in [0.4, 0.5) is 5.69 Å². The van der Waals surface area contributed by atoms with E-state index in [1.807, 2.05) is 6.92 Å². The lowest BCUT2D eigenvalue weighted by molar-refractivity contribution is -0.384. The molecule has 0 fully saturated rings. The molecular formula is C12H9ClN4O2. The molecule has 1 aromatic carbocycles. The van der Waals surface area contributed by atoms with E-state index >= 15 is 0 Å². The van der Waals surface area contributed by atoms with Crippen LogP contribution < -0.4 is 0 Å². The molecule has 7 heteroatoms. The van der Waals surface area contributed by atoms with Gasteiger partial charge in [0.05, 0.1) is 26.5 Å². The van der Waals surface area contributed by atoms with Gasteiger partial charge in [0.25, 0.3) is 5.69 Å². The van der Waals surface area contributed by atoms with Crippen LogP contribution in [-0.4, -0.2) is 19.7 Å². The first kappa shape index (κ1) is 11.9. The average Bonchev–Trinajstić information content (AvgIpc) is 2.64. The Labute approximate surface area is 112 Å². The van der Waals surface area contributed by atoms with Crippen LogP contribution in [0.5, 0.6) is 0 Å². The maximum Gasteiger partial charge on any atom is 0.271 e. The van der Waals surface area contributed by atoms with E-state index in [0.717, 1.165) is 11.1 Å². The Bertz CT molecular complexity index is 841. The van der Waals surface area contributed by atoms with E-state index in [1.165, 1.54) is 12.1 Å². The topological polar surface area (TPSA) is 73.8 Å². The van der Waals surface area contributed by atoms with Gasteiger partial charge in [-0.05, 0) is 13.0 Å². The number of nitro benzene ring substituents is 1. The van der Waals surface area contributed by atoms with Crippen molar-refractivity contribution in [1.29, 1.82) is 0 Å². The van der Waals surface area contributed by atoms with Crippen LogP contribution in [0.1, 0.15) is 5.69 Å². The van der Waals surface area contributed by atoms with Gasteiger partial charge in [-0.3, -0.25) is 14.8 Å². The molecule has 0 aliphatic rings. The first-order valence-electron chi connectivity index (χ1n) is 5.56. The second-order valence-corrected chi connectivity index (χ2v) is 4.67. The largest absolute Gasteiger partial charge is 0.271 e. The zero-order valence-corrected chi connectivity index (χ0v) is 11.0. The molecule has 3 rings (SSSR count). The number of hydrogen-bond acceptors (Lipinski definition) is 4. The summed E-state index contributed by atoms with van der Waals surface area (Å²) in [5.74, 6) is 0. The van der Waals surface area contributed by atoms with Crippen molar-refractivity contribution in [1.82, 2.24) is 14.8 Å². The zero-order valence-electron chi connectivity index (χ0n) is 10.2. The molecule has 0 atom stereocenters. The van der Waals surface area contributed by atoms with Crippen molar-refractivity contribution in [2.45, 2.75) is 6.92 Å². The Morgan fingerprint density at radius 2 is 2.16 bits per heavy atom. The standard InChI is InChI=1S/C12H9ClN4O2/c1-6-10-11(13)8-4-3-7(17(18)19)5-9(8)14-12(10)16(2)15-6/h3-5H,1-2H3. The highest BCUT2D eigenvalue weighted by molar-refractivity contribution is 6.40.